The summed E-state index contributed by atoms with van der Waals surface area (Å²) in [4.78, 5) is 13.8. The fourth-order valence-electron chi connectivity index (χ4n) is 1.54. The third-order valence-electron chi connectivity index (χ3n) is 2.73. The molecule has 1 unspecified atom stereocenters. The Bertz CT molecular complexity index is 480. The summed E-state index contributed by atoms with van der Waals surface area (Å²) in [6.45, 7) is 7.34. The molecule has 19 heavy (non-hydrogen) atoms. The van der Waals surface area contributed by atoms with Crippen LogP contribution in [0, 0.1) is 11.3 Å². The molecule has 102 valence electrons. The van der Waals surface area contributed by atoms with Crippen LogP contribution in [0.25, 0.3) is 0 Å². The first kappa shape index (κ1) is 15.0. The molecule has 1 rings (SSSR count). The summed E-state index contributed by atoms with van der Waals surface area (Å²) in [5.41, 5.74) is 0.982. The van der Waals surface area contributed by atoms with Crippen molar-refractivity contribution >= 4 is 11.7 Å². The van der Waals surface area contributed by atoms with Crippen molar-refractivity contribution in [1.82, 2.24) is 0 Å². The van der Waals surface area contributed by atoms with Crippen LogP contribution in [-0.2, 0) is 9.53 Å². The lowest BCUT2D eigenvalue weighted by Gasteiger charge is -2.29. The van der Waals surface area contributed by atoms with Crippen molar-refractivity contribution in [2.24, 2.45) is 0 Å². The highest BCUT2D eigenvalue weighted by Gasteiger charge is 2.24. The first-order valence-electron chi connectivity index (χ1n) is 6.20. The number of nitriles is 1. The molecule has 0 saturated heterocycles. The Morgan fingerprint density at radius 2 is 1.84 bits per heavy atom. The van der Waals surface area contributed by atoms with E-state index in [0.717, 1.165) is 5.69 Å². The summed E-state index contributed by atoms with van der Waals surface area (Å²) in [5, 5.41) is 8.75. The van der Waals surface area contributed by atoms with Crippen LogP contribution in [0.4, 0.5) is 5.69 Å². The minimum atomic E-state index is -0.489. The number of hydrogen-bond acceptors (Lipinski definition) is 4. The van der Waals surface area contributed by atoms with Gasteiger partial charge in [0.2, 0.25) is 0 Å². The number of hydrogen-bond donors (Lipinski definition) is 0. The van der Waals surface area contributed by atoms with Crippen LogP contribution < -0.4 is 4.90 Å². The summed E-state index contributed by atoms with van der Waals surface area (Å²) in [6, 6.07) is 8.78. The average Bonchev–Trinajstić information content (AvgIpc) is 2.35. The van der Waals surface area contributed by atoms with Crippen molar-refractivity contribution in [2.75, 3.05) is 11.9 Å². The molecule has 0 bridgehead atoms. The van der Waals surface area contributed by atoms with Crippen molar-refractivity contribution in [2.45, 2.75) is 39.3 Å². The van der Waals surface area contributed by atoms with E-state index in [2.05, 4.69) is 6.07 Å². The van der Waals surface area contributed by atoms with E-state index in [1.807, 2.05) is 44.9 Å². The zero-order chi connectivity index (χ0) is 14.6. The predicted octanol–water partition coefficient (Wildman–Crippen LogP) is 2.72. The van der Waals surface area contributed by atoms with Crippen LogP contribution in [0.15, 0.2) is 24.3 Å². The molecule has 0 aliphatic heterocycles. The van der Waals surface area contributed by atoms with Gasteiger partial charge in [-0.1, -0.05) is 0 Å². The van der Waals surface area contributed by atoms with E-state index in [-0.39, 0.29) is 12.0 Å². The highest BCUT2D eigenvalue weighted by molar-refractivity contribution is 5.79. The van der Waals surface area contributed by atoms with Crippen molar-refractivity contribution in [1.29, 1.82) is 5.26 Å². The van der Waals surface area contributed by atoms with Crippen molar-refractivity contribution < 1.29 is 9.53 Å². The number of carbonyl (C=O) groups is 1. The third kappa shape index (κ3) is 4.29. The fraction of sp³-hybridized carbons (Fsp3) is 0.467. The van der Waals surface area contributed by atoms with Crippen LogP contribution >= 0.6 is 0 Å². The molecule has 0 aliphatic rings. The lowest BCUT2D eigenvalue weighted by molar-refractivity contribution is -0.155. The van der Waals surface area contributed by atoms with Crippen molar-refractivity contribution in [3.63, 3.8) is 0 Å². The molecule has 1 aromatic carbocycles. The molecule has 0 radical (unpaired) electrons. The fourth-order valence-corrected chi connectivity index (χ4v) is 1.54. The van der Waals surface area contributed by atoms with E-state index in [9.17, 15) is 4.79 Å². The zero-order valence-electron chi connectivity index (χ0n) is 12.1. The molecule has 0 aromatic heterocycles. The number of rotatable bonds is 3. The second kappa shape index (κ2) is 5.75. The summed E-state index contributed by atoms with van der Waals surface area (Å²) in [5.74, 6) is -0.264. The number of anilines is 1. The van der Waals surface area contributed by atoms with Gasteiger partial charge in [-0.15, -0.1) is 0 Å². The van der Waals surface area contributed by atoms with E-state index in [1.165, 1.54) is 0 Å². The molecule has 1 aromatic rings. The summed E-state index contributed by atoms with van der Waals surface area (Å²) >= 11 is 0. The van der Waals surface area contributed by atoms with Crippen molar-refractivity contribution in [3.05, 3.63) is 29.8 Å². The smallest absolute Gasteiger partial charge is 0.328 e. The first-order valence-corrected chi connectivity index (χ1v) is 6.20. The van der Waals surface area contributed by atoms with Gasteiger partial charge in [-0.05, 0) is 52.0 Å². The maximum absolute atomic E-state index is 12.0. The Labute approximate surface area is 114 Å². The molecule has 0 aliphatic carbocycles. The van der Waals surface area contributed by atoms with Gasteiger partial charge in [-0.25, -0.2) is 4.79 Å². The standard InChI is InChI=1S/C15H20N2O2/c1-11(14(18)19-15(2,3)4)17(5)13-8-6-12(10-16)7-9-13/h6-9,11H,1-5H3. The quantitative estimate of drug-likeness (QED) is 0.784. The van der Waals surface area contributed by atoms with E-state index in [1.54, 1.807) is 19.1 Å². The summed E-state index contributed by atoms with van der Waals surface area (Å²) < 4.78 is 5.35. The monoisotopic (exact) mass is 260 g/mol. The molecule has 0 fully saturated rings. The van der Waals surface area contributed by atoms with Gasteiger partial charge >= 0.3 is 5.97 Å². The maximum Gasteiger partial charge on any atom is 0.328 e. The van der Waals surface area contributed by atoms with Gasteiger partial charge < -0.3 is 9.64 Å². The van der Waals surface area contributed by atoms with Crippen LogP contribution in [0.1, 0.15) is 33.3 Å². The number of ether oxygens (including phenoxy) is 1. The Morgan fingerprint density at radius 1 is 1.32 bits per heavy atom. The second-order valence-electron chi connectivity index (χ2n) is 5.48. The normalized spacial score (nSPS) is 12.4. The predicted molar refractivity (Wildman–Crippen MR) is 74.9 cm³/mol. The van der Waals surface area contributed by atoms with Crippen LogP contribution in [-0.4, -0.2) is 24.7 Å². The number of esters is 1. The zero-order valence-corrected chi connectivity index (χ0v) is 12.1. The molecule has 4 heteroatoms. The van der Waals surface area contributed by atoms with Gasteiger partial charge in [0.1, 0.15) is 11.6 Å². The van der Waals surface area contributed by atoms with Gasteiger partial charge in [0.25, 0.3) is 0 Å². The number of carbonyl (C=O) groups excluding carboxylic acids is 1. The number of nitrogens with zero attached hydrogens (tertiary/aromatic N) is 2. The molecule has 0 N–H and O–H groups in total. The van der Waals surface area contributed by atoms with Gasteiger partial charge in [0, 0.05) is 12.7 Å². The Kier molecular flexibility index (Phi) is 4.55. The van der Waals surface area contributed by atoms with Gasteiger partial charge in [0.15, 0.2) is 0 Å². The van der Waals surface area contributed by atoms with Gasteiger partial charge in [-0.2, -0.15) is 5.26 Å². The Morgan fingerprint density at radius 3 is 2.26 bits per heavy atom. The SMILES string of the molecule is CC(C(=O)OC(C)(C)C)N(C)c1ccc(C#N)cc1. The summed E-state index contributed by atoms with van der Waals surface area (Å²) in [6.07, 6.45) is 0. The highest BCUT2D eigenvalue weighted by Crippen LogP contribution is 2.18. The third-order valence-corrected chi connectivity index (χ3v) is 2.73. The lowest BCUT2D eigenvalue weighted by Crippen LogP contribution is -2.40. The van der Waals surface area contributed by atoms with Gasteiger partial charge in [0.05, 0.1) is 11.6 Å². The molecule has 0 spiro atoms. The maximum atomic E-state index is 12.0. The lowest BCUT2D eigenvalue weighted by atomic mass is 10.1. The molecular formula is C15H20N2O2. The Hall–Kier alpha value is -2.02. The van der Waals surface area contributed by atoms with Crippen LogP contribution in [0.3, 0.4) is 0 Å². The first-order chi connectivity index (χ1) is 8.74. The second-order valence-corrected chi connectivity index (χ2v) is 5.48. The topological polar surface area (TPSA) is 53.3 Å². The van der Waals surface area contributed by atoms with E-state index in [0.29, 0.717) is 5.56 Å². The number of likely N-dealkylation sites (N-methyl/N-ethyl adjacent to an activating group) is 1. The van der Waals surface area contributed by atoms with E-state index < -0.39 is 5.60 Å². The molecule has 4 nitrogen and oxygen atoms in total. The minimum Gasteiger partial charge on any atom is -0.458 e. The van der Waals surface area contributed by atoms with Gasteiger partial charge in [-0.3, -0.25) is 0 Å². The number of benzene rings is 1. The van der Waals surface area contributed by atoms with Crippen LogP contribution in [0.5, 0.6) is 0 Å². The van der Waals surface area contributed by atoms with E-state index >= 15 is 0 Å². The molecular weight excluding hydrogens is 240 g/mol. The molecule has 1 atom stereocenters. The molecule has 0 heterocycles. The average molecular weight is 260 g/mol. The molecule has 0 saturated carbocycles. The van der Waals surface area contributed by atoms with E-state index in [4.69, 9.17) is 10.00 Å². The largest absolute Gasteiger partial charge is 0.458 e. The van der Waals surface area contributed by atoms with Crippen molar-refractivity contribution in [3.8, 4) is 6.07 Å². The minimum absolute atomic E-state index is 0.264. The van der Waals surface area contributed by atoms with Crippen LogP contribution in [0.2, 0.25) is 0 Å². The summed E-state index contributed by atoms with van der Waals surface area (Å²) in [7, 11) is 1.83. The molecule has 0 amide bonds. The Balaban J connectivity index is 2.78. The highest BCUT2D eigenvalue weighted by atomic mass is 16.6.